The van der Waals surface area contributed by atoms with E-state index in [0.29, 0.717) is 12.1 Å². The van der Waals surface area contributed by atoms with Crippen LogP contribution in [0.25, 0.3) is 0 Å². The molecule has 1 fully saturated rings. The molecule has 2 rings (SSSR count). The molecule has 0 saturated carbocycles. The second-order valence-electron chi connectivity index (χ2n) is 7.48. The zero-order chi connectivity index (χ0) is 19.5. The molecule has 140 valence electrons. The summed E-state index contributed by atoms with van der Waals surface area (Å²) < 4.78 is 5.28. The molecule has 6 heteroatoms. The Bertz CT molecular complexity index is 710. The lowest BCUT2D eigenvalue weighted by molar-refractivity contribution is -0.168. The molecular weight excluding hydrogens is 332 g/mol. The van der Waals surface area contributed by atoms with Crippen molar-refractivity contribution in [3.63, 3.8) is 0 Å². The van der Waals surface area contributed by atoms with Gasteiger partial charge in [-0.1, -0.05) is 24.8 Å². The van der Waals surface area contributed by atoms with Crippen LogP contribution in [0.15, 0.2) is 43.0 Å². The smallest absolute Gasteiger partial charge is 0.338 e. The molecule has 1 heterocycles. The van der Waals surface area contributed by atoms with Gasteiger partial charge in [0.1, 0.15) is 12.1 Å². The van der Waals surface area contributed by atoms with Gasteiger partial charge in [0, 0.05) is 6.54 Å². The Morgan fingerprint density at radius 2 is 1.81 bits per heavy atom. The maximum atomic E-state index is 12.9. The van der Waals surface area contributed by atoms with Gasteiger partial charge in [-0.3, -0.25) is 9.59 Å². The number of carbonyl (C=O) groups excluding carboxylic acids is 3. The van der Waals surface area contributed by atoms with Crippen LogP contribution in [0, 0.1) is 0 Å². The van der Waals surface area contributed by atoms with E-state index in [1.807, 2.05) is 19.9 Å². The van der Waals surface area contributed by atoms with Gasteiger partial charge in [-0.05, 0) is 45.9 Å². The van der Waals surface area contributed by atoms with Crippen molar-refractivity contribution >= 4 is 17.8 Å². The summed E-state index contributed by atoms with van der Waals surface area (Å²) in [6.07, 6.45) is 1.23. The Hall–Kier alpha value is -2.63. The van der Waals surface area contributed by atoms with E-state index in [1.54, 1.807) is 47.9 Å². The first kappa shape index (κ1) is 19.7. The summed E-state index contributed by atoms with van der Waals surface area (Å²) in [5, 5.41) is 0. The number of hydrogen-bond acceptors (Lipinski definition) is 4. The Balaban J connectivity index is 2.05. The zero-order valence-corrected chi connectivity index (χ0v) is 15.8. The molecule has 1 aliphatic rings. The van der Waals surface area contributed by atoms with Gasteiger partial charge in [0.15, 0.2) is 0 Å². The second-order valence-corrected chi connectivity index (χ2v) is 7.48. The van der Waals surface area contributed by atoms with Crippen LogP contribution in [-0.4, -0.2) is 58.4 Å². The fraction of sp³-hybridized carbons (Fsp3) is 0.450. The molecule has 0 spiro atoms. The maximum Gasteiger partial charge on any atom is 0.338 e. The number of ether oxygens (including phenoxy) is 1. The highest BCUT2D eigenvalue weighted by Crippen LogP contribution is 2.33. The van der Waals surface area contributed by atoms with Crippen molar-refractivity contribution in [1.82, 2.24) is 9.80 Å². The number of amides is 2. The highest BCUT2D eigenvalue weighted by molar-refractivity contribution is 5.96. The van der Waals surface area contributed by atoms with Gasteiger partial charge in [-0.25, -0.2) is 4.79 Å². The van der Waals surface area contributed by atoms with E-state index in [2.05, 4.69) is 6.58 Å². The van der Waals surface area contributed by atoms with Crippen LogP contribution in [0.4, 0.5) is 0 Å². The van der Waals surface area contributed by atoms with Crippen LogP contribution in [-0.2, 0) is 14.3 Å². The largest absolute Gasteiger partial charge is 0.460 e. The summed E-state index contributed by atoms with van der Waals surface area (Å²) in [5.74, 6) is -0.872. The van der Waals surface area contributed by atoms with Crippen molar-refractivity contribution in [3.05, 3.63) is 48.6 Å². The highest BCUT2D eigenvalue weighted by atomic mass is 16.5. The Labute approximate surface area is 154 Å². The number of esters is 1. The molecule has 1 aliphatic heterocycles. The molecule has 1 aromatic carbocycles. The van der Waals surface area contributed by atoms with Gasteiger partial charge in [0.05, 0.1) is 17.6 Å². The molecular formula is C20H26N2O4. The zero-order valence-electron chi connectivity index (χ0n) is 15.8. The van der Waals surface area contributed by atoms with Crippen molar-refractivity contribution in [1.29, 1.82) is 0 Å². The van der Waals surface area contributed by atoms with Crippen LogP contribution in [0.2, 0.25) is 0 Å². The summed E-state index contributed by atoms with van der Waals surface area (Å²) in [6.45, 7) is 11.5. The van der Waals surface area contributed by atoms with Crippen molar-refractivity contribution < 1.29 is 19.1 Å². The number of rotatable bonds is 5. The minimum atomic E-state index is -1.00. The van der Waals surface area contributed by atoms with E-state index < -0.39 is 17.0 Å². The van der Waals surface area contributed by atoms with Crippen LogP contribution >= 0.6 is 0 Å². The molecule has 26 heavy (non-hydrogen) atoms. The minimum Gasteiger partial charge on any atom is -0.460 e. The van der Waals surface area contributed by atoms with Crippen LogP contribution < -0.4 is 0 Å². The second kappa shape index (κ2) is 7.32. The topological polar surface area (TPSA) is 66.9 Å². The minimum absolute atomic E-state index is 0.0982. The Morgan fingerprint density at radius 1 is 1.19 bits per heavy atom. The van der Waals surface area contributed by atoms with E-state index in [9.17, 15) is 14.4 Å². The van der Waals surface area contributed by atoms with Crippen molar-refractivity contribution in [2.24, 2.45) is 0 Å². The summed E-state index contributed by atoms with van der Waals surface area (Å²) in [7, 11) is 0. The van der Waals surface area contributed by atoms with Gasteiger partial charge in [-0.15, -0.1) is 0 Å². The quantitative estimate of drug-likeness (QED) is 0.598. The molecule has 0 radical (unpaired) electrons. The highest BCUT2D eigenvalue weighted by Gasteiger charge is 2.51. The lowest BCUT2D eigenvalue weighted by Crippen LogP contribution is -2.72. The maximum absolute atomic E-state index is 12.9. The predicted octanol–water partition coefficient (Wildman–Crippen LogP) is 2.26. The summed E-state index contributed by atoms with van der Waals surface area (Å²) >= 11 is 0. The molecule has 6 nitrogen and oxygen atoms in total. The molecule has 0 N–H and O–H groups in total. The summed E-state index contributed by atoms with van der Waals surface area (Å²) in [4.78, 5) is 40.4. The van der Waals surface area contributed by atoms with E-state index in [1.165, 1.54) is 6.08 Å². The molecule has 0 aliphatic carbocycles. The standard InChI is InChI=1S/C20H26N2O4/c1-6-16(23)22-19(2,3)14-21(18(25)20(22,4)5)12-13-26-17(24)15-10-8-7-9-11-15/h6-11H,1,12-14H2,2-5H3. The first-order chi connectivity index (χ1) is 12.1. The van der Waals surface area contributed by atoms with E-state index in [0.717, 1.165) is 0 Å². The van der Waals surface area contributed by atoms with Crippen LogP contribution in [0.3, 0.4) is 0 Å². The molecule has 0 aromatic heterocycles. The number of nitrogens with zero attached hydrogens (tertiary/aromatic N) is 2. The van der Waals surface area contributed by atoms with Crippen molar-refractivity contribution in [2.75, 3.05) is 19.7 Å². The lowest BCUT2D eigenvalue weighted by atomic mass is 9.86. The average molecular weight is 358 g/mol. The fourth-order valence-corrected chi connectivity index (χ4v) is 3.60. The summed E-state index contributed by atoms with van der Waals surface area (Å²) in [6, 6.07) is 8.71. The SMILES string of the molecule is C=CC(=O)N1C(C)(C)CN(CCOC(=O)c2ccccc2)C(=O)C1(C)C. The van der Waals surface area contributed by atoms with Crippen LogP contribution in [0.5, 0.6) is 0 Å². The van der Waals surface area contributed by atoms with E-state index in [-0.39, 0.29) is 25.0 Å². The Morgan fingerprint density at radius 3 is 2.38 bits per heavy atom. The van der Waals surface area contributed by atoms with Crippen molar-refractivity contribution in [2.45, 2.75) is 38.8 Å². The third-order valence-corrected chi connectivity index (χ3v) is 4.55. The molecule has 2 amide bonds. The number of benzene rings is 1. The summed E-state index contributed by atoms with van der Waals surface area (Å²) in [5.41, 5.74) is -1.09. The molecule has 0 atom stereocenters. The molecule has 1 saturated heterocycles. The van der Waals surface area contributed by atoms with Gasteiger partial charge >= 0.3 is 5.97 Å². The van der Waals surface area contributed by atoms with Crippen molar-refractivity contribution in [3.8, 4) is 0 Å². The van der Waals surface area contributed by atoms with Crippen LogP contribution in [0.1, 0.15) is 38.1 Å². The van der Waals surface area contributed by atoms with Gasteiger partial charge in [0.25, 0.3) is 0 Å². The third-order valence-electron chi connectivity index (χ3n) is 4.55. The van der Waals surface area contributed by atoms with Gasteiger partial charge < -0.3 is 14.5 Å². The van der Waals surface area contributed by atoms with E-state index in [4.69, 9.17) is 4.74 Å². The van der Waals surface area contributed by atoms with Gasteiger partial charge in [0.2, 0.25) is 11.8 Å². The monoisotopic (exact) mass is 358 g/mol. The average Bonchev–Trinajstić information content (AvgIpc) is 2.59. The Kier molecular flexibility index (Phi) is 5.54. The first-order valence-corrected chi connectivity index (χ1v) is 8.59. The lowest BCUT2D eigenvalue weighted by Gasteiger charge is -2.54. The normalized spacial score (nSPS) is 18.4. The molecule has 0 bridgehead atoms. The molecule has 1 aromatic rings. The molecule has 0 unspecified atom stereocenters. The predicted molar refractivity (Wildman–Crippen MR) is 98.5 cm³/mol. The van der Waals surface area contributed by atoms with Gasteiger partial charge in [-0.2, -0.15) is 0 Å². The fourth-order valence-electron chi connectivity index (χ4n) is 3.60. The number of hydrogen-bond donors (Lipinski definition) is 0. The third kappa shape index (κ3) is 3.79. The first-order valence-electron chi connectivity index (χ1n) is 8.59. The number of piperazine rings is 1. The number of carbonyl (C=O) groups is 3. The van der Waals surface area contributed by atoms with E-state index >= 15 is 0 Å².